The van der Waals surface area contributed by atoms with Crippen LogP contribution >= 0.6 is 0 Å². The molecular weight excluding hydrogens is 380 g/mol. The number of ketones is 1. The molecule has 5 nitrogen and oxygen atoms in total. The van der Waals surface area contributed by atoms with E-state index in [1.165, 1.54) is 29.9 Å². The molecule has 0 aliphatic rings. The highest BCUT2D eigenvalue weighted by molar-refractivity contribution is 6.10. The number of hydrogen-bond donors (Lipinski definition) is 4. The molecule has 0 aliphatic carbocycles. The Morgan fingerprint density at radius 1 is 0.933 bits per heavy atom. The van der Waals surface area contributed by atoms with Crippen molar-refractivity contribution in [3.05, 3.63) is 76.4 Å². The van der Waals surface area contributed by atoms with Crippen LogP contribution < -0.4 is 0 Å². The molecule has 0 heterocycles. The van der Waals surface area contributed by atoms with Gasteiger partial charge in [0.25, 0.3) is 0 Å². The summed E-state index contributed by atoms with van der Waals surface area (Å²) in [6, 6.07) is 7.31. The fourth-order valence-electron chi connectivity index (χ4n) is 2.93. The van der Waals surface area contributed by atoms with Crippen molar-refractivity contribution in [3.63, 3.8) is 0 Å². The van der Waals surface area contributed by atoms with Crippen LogP contribution in [0.4, 0.5) is 0 Å². The minimum absolute atomic E-state index is 0.112. The SMILES string of the molecule is CC(C)=CCC/C(C)=C\Cc1c(O)cc(O)c(C(=O)/C=C/c2ccc(O)cc2)c1O. The van der Waals surface area contributed by atoms with E-state index in [1.807, 2.05) is 26.8 Å². The number of allylic oxidation sites excluding steroid dienone is 5. The summed E-state index contributed by atoms with van der Waals surface area (Å²) in [5, 5.41) is 40.2. The number of benzene rings is 2. The summed E-state index contributed by atoms with van der Waals surface area (Å²) in [6.45, 7) is 6.06. The number of phenols is 4. The van der Waals surface area contributed by atoms with Gasteiger partial charge >= 0.3 is 0 Å². The zero-order valence-electron chi connectivity index (χ0n) is 17.5. The second-order valence-electron chi connectivity index (χ2n) is 7.48. The minimum Gasteiger partial charge on any atom is -0.508 e. The van der Waals surface area contributed by atoms with Gasteiger partial charge < -0.3 is 20.4 Å². The highest BCUT2D eigenvalue weighted by Gasteiger charge is 2.20. The lowest BCUT2D eigenvalue weighted by molar-refractivity contribution is 0.104. The van der Waals surface area contributed by atoms with E-state index < -0.39 is 17.3 Å². The molecule has 2 rings (SSSR count). The van der Waals surface area contributed by atoms with Crippen molar-refractivity contribution in [3.8, 4) is 23.0 Å². The van der Waals surface area contributed by atoms with Gasteiger partial charge in [0.05, 0.1) is 0 Å². The lowest BCUT2D eigenvalue weighted by Gasteiger charge is -2.11. The van der Waals surface area contributed by atoms with Gasteiger partial charge in [-0.25, -0.2) is 0 Å². The predicted molar refractivity (Wildman–Crippen MR) is 119 cm³/mol. The van der Waals surface area contributed by atoms with Crippen LogP contribution in [-0.4, -0.2) is 26.2 Å². The van der Waals surface area contributed by atoms with Crippen LogP contribution in [0.25, 0.3) is 6.08 Å². The molecule has 0 spiro atoms. The van der Waals surface area contributed by atoms with Crippen LogP contribution in [0.5, 0.6) is 23.0 Å². The van der Waals surface area contributed by atoms with Crippen molar-refractivity contribution in [2.75, 3.05) is 0 Å². The third kappa shape index (κ3) is 6.27. The zero-order valence-corrected chi connectivity index (χ0v) is 17.5. The average molecular weight is 408 g/mol. The van der Waals surface area contributed by atoms with E-state index >= 15 is 0 Å². The van der Waals surface area contributed by atoms with Gasteiger partial charge in [-0.05, 0) is 63.8 Å². The Kier molecular flexibility index (Phi) is 7.87. The maximum absolute atomic E-state index is 12.6. The number of phenolic OH excluding ortho intramolecular Hbond substituents is 4. The molecule has 2 aromatic carbocycles. The predicted octanol–water partition coefficient (Wildman–Crippen LogP) is 5.64. The van der Waals surface area contributed by atoms with Gasteiger partial charge in [0.15, 0.2) is 5.78 Å². The van der Waals surface area contributed by atoms with Gasteiger partial charge in [-0.2, -0.15) is 0 Å². The van der Waals surface area contributed by atoms with Gasteiger partial charge in [-0.3, -0.25) is 4.79 Å². The van der Waals surface area contributed by atoms with Crippen molar-refractivity contribution >= 4 is 11.9 Å². The molecule has 0 radical (unpaired) electrons. The lowest BCUT2D eigenvalue weighted by atomic mass is 9.98. The maximum atomic E-state index is 12.6. The smallest absolute Gasteiger partial charge is 0.193 e. The highest BCUT2D eigenvalue weighted by atomic mass is 16.3. The van der Waals surface area contributed by atoms with Crippen molar-refractivity contribution in [2.24, 2.45) is 0 Å². The first-order valence-corrected chi connectivity index (χ1v) is 9.76. The normalized spacial score (nSPS) is 11.6. The van der Waals surface area contributed by atoms with E-state index in [9.17, 15) is 25.2 Å². The minimum atomic E-state index is -0.594. The molecule has 0 unspecified atom stereocenters. The third-order valence-electron chi connectivity index (χ3n) is 4.67. The van der Waals surface area contributed by atoms with E-state index in [-0.39, 0.29) is 29.0 Å². The van der Waals surface area contributed by atoms with Crippen molar-refractivity contribution in [1.29, 1.82) is 0 Å². The Morgan fingerprint density at radius 2 is 1.60 bits per heavy atom. The molecule has 0 amide bonds. The molecule has 0 bridgehead atoms. The summed E-state index contributed by atoms with van der Waals surface area (Å²) in [7, 11) is 0. The molecule has 158 valence electrons. The van der Waals surface area contributed by atoms with Crippen LogP contribution in [0.15, 0.2) is 59.7 Å². The Labute approximate surface area is 177 Å². The fraction of sp³-hybridized carbons (Fsp3) is 0.240. The Balaban J connectivity index is 2.24. The van der Waals surface area contributed by atoms with Crippen molar-refractivity contribution < 1.29 is 25.2 Å². The van der Waals surface area contributed by atoms with Crippen molar-refractivity contribution in [2.45, 2.75) is 40.0 Å². The first kappa shape index (κ1) is 22.8. The maximum Gasteiger partial charge on any atom is 0.193 e. The summed E-state index contributed by atoms with van der Waals surface area (Å²) in [5.74, 6) is -1.67. The largest absolute Gasteiger partial charge is 0.508 e. The number of carbonyl (C=O) groups excluding carboxylic acids is 1. The molecule has 4 N–H and O–H groups in total. The fourth-order valence-corrected chi connectivity index (χ4v) is 2.93. The molecule has 0 fully saturated rings. The van der Waals surface area contributed by atoms with Crippen LogP contribution in [0, 0.1) is 0 Å². The Morgan fingerprint density at radius 3 is 2.23 bits per heavy atom. The van der Waals surface area contributed by atoms with E-state index in [0.29, 0.717) is 5.56 Å². The quantitative estimate of drug-likeness (QED) is 0.257. The summed E-state index contributed by atoms with van der Waals surface area (Å²) >= 11 is 0. The summed E-state index contributed by atoms with van der Waals surface area (Å²) < 4.78 is 0. The van der Waals surface area contributed by atoms with Gasteiger partial charge in [0.2, 0.25) is 0 Å². The van der Waals surface area contributed by atoms with Crippen molar-refractivity contribution in [1.82, 2.24) is 0 Å². The standard InChI is InChI=1S/C25H28O5/c1-16(2)5-4-6-17(3)7-13-20-22(28)15-23(29)24(25(20)30)21(27)14-10-18-8-11-19(26)12-9-18/h5,7-12,14-15,26,28-30H,4,6,13H2,1-3H3/b14-10+,17-7-. The summed E-state index contributed by atoms with van der Waals surface area (Å²) in [4.78, 5) is 12.6. The Hall–Kier alpha value is -3.47. The average Bonchev–Trinajstić information content (AvgIpc) is 2.66. The molecule has 30 heavy (non-hydrogen) atoms. The second-order valence-corrected chi connectivity index (χ2v) is 7.48. The molecule has 0 saturated heterocycles. The number of rotatable bonds is 8. The monoisotopic (exact) mass is 408 g/mol. The zero-order chi connectivity index (χ0) is 22.3. The van der Waals surface area contributed by atoms with Gasteiger partial charge in [0, 0.05) is 11.6 Å². The number of carbonyl (C=O) groups is 1. The van der Waals surface area contributed by atoms with Crippen LogP contribution in [0.2, 0.25) is 0 Å². The molecule has 2 aromatic rings. The molecule has 0 aromatic heterocycles. The number of hydrogen-bond acceptors (Lipinski definition) is 5. The highest BCUT2D eigenvalue weighted by Crippen LogP contribution is 2.38. The first-order chi connectivity index (χ1) is 14.2. The molecule has 0 atom stereocenters. The first-order valence-electron chi connectivity index (χ1n) is 9.76. The summed E-state index contributed by atoms with van der Waals surface area (Å²) in [5.41, 5.74) is 2.96. The molecule has 0 saturated carbocycles. The molecule has 0 aliphatic heterocycles. The Bertz CT molecular complexity index is 991. The van der Waals surface area contributed by atoms with Gasteiger partial charge in [-0.1, -0.05) is 41.5 Å². The van der Waals surface area contributed by atoms with Crippen LogP contribution in [-0.2, 0) is 6.42 Å². The topological polar surface area (TPSA) is 98.0 Å². The van der Waals surface area contributed by atoms with Crippen LogP contribution in [0.3, 0.4) is 0 Å². The molecule has 5 heteroatoms. The second kappa shape index (κ2) is 10.3. The van der Waals surface area contributed by atoms with E-state index in [2.05, 4.69) is 6.08 Å². The molecular formula is C25H28O5. The van der Waals surface area contributed by atoms with Gasteiger partial charge in [-0.15, -0.1) is 0 Å². The number of aromatic hydroxyl groups is 4. The van der Waals surface area contributed by atoms with E-state index in [1.54, 1.807) is 12.1 Å². The summed E-state index contributed by atoms with van der Waals surface area (Å²) in [6.07, 6.45) is 8.77. The van der Waals surface area contributed by atoms with E-state index in [0.717, 1.165) is 24.5 Å². The van der Waals surface area contributed by atoms with E-state index in [4.69, 9.17) is 0 Å². The van der Waals surface area contributed by atoms with Gasteiger partial charge in [0.1, 0.15) is 28.6 Å². The van der Waals surface area contributed by atoms with Crippen LogP contribution in [0.1, 0.15) is 55.1 Å². The lowest BCUT2D eigenvalue weighted by Crippen LogP contribution is -1.99. The third-order valence-corrected chi connectivity index (χ3v) is 4.67.